The van der Waals surface area contributed by atoms with Gasteiger partial charge in [-0.15, -0.1) is 0 Å². The van der Waals surface area contributed by atoms with Gasteiger partial charge in [-0.2, -0.15) is 13.2 Å². The minimum Gasteiger partial charge on any atom is -0.484 e. The molecule has 0 fully saturated rings. The Hall–Kier alpha value is -2.04. The van der Waals surface area contributed by atoms with Crippen LogP contribution in [-0.4, -0.2) is 18.6 Å². The van der Waals surface area contributed by atoms with Crippen LogP contribution in [0.2, 0.25) is 0 Å². The van der Waals surface area contributed by atoms with Gasteiger partial charge in [0, 0.05) is 11.5 Å². The second kappa shape index (κ2) is 7.99. The lowest BCUT2D eigenvalue weighted by atomic mass is 9.98. The van der Waals surface area contributed by atoms with Crippen LogP contribution in [0.5, 0.6) is 5.75 Å². The average Bonchev–Trinajstić information content (AvgIpc) is 2.52. The third-order valence-corrected chi connectivity index (χ3v) is 3.02. The number of halogens is 3. The van der Waals surface area contributed by atoms with Gasteiger partial charge in [0.2, 0.25) is 0 Å². The van der Waals surface area contributed by atoms with Crippen molar-refractivity contribution in [2.24, 2.45) is 5.92 Å². The molecule has 0 unspecified atom stereocenters. The summed E-state index contributed by atoms with van der Waals surface area (Å²) in [4.78, 5) is 11.9. The minimum atomic E-state index is -4.36. The first-order valence-corrected chi connectivity index (χ1v) is 7.54. The molecule has 0 atom stereocenters. The van der Waals surface area contributed by atoms with Crippen LogP contribution in [-0.2, 0) is 0 Å². The normalized spacial score (nSPS) is 11.1. The van der Waals surface area contributed by atoms with Crippen molar-refractivity contribution in [1.82, 2.24) is 0 Å². The second-order valence-corrected chi connectivity index (χ2v) is 5.15. The van der Waals surface area contributed by atoms with Crippen LogP contribution in [0.25, 0.3) is 10.8 Å². The maximum absolute atomic E-state index is 12.1. The van der Waals surface area contributed by atoms with Crippen molar-refractivity contribution >= 4 is 16.6 Å². The Labute approximate surface area is 134 Å². The third kappa shape index (κ3) is 5.58. The molecular weight excluding hydrogens is 305 g/mol. The largest absolute Gasteiger partial charge is 0.484 e. The van der Waals surface area contributed by atoms with Crippen LogP contribution in [0.4, 0.5) is 13.2 Å². The number of rotatable bonds is 4. The summed E-state index contributed by atoms with van der Waals surface area (Å²) in [7, 11) is 0. The Bertz CT molecular complexity index is 661. The maximum atomic E-state index is 12.1. The second-order valence-electron chi connectivity index (χ2n) is 5.15. The highest BCUT2D eigenvalue weighted by molar-refractivity contribution is 6.01. The van der Waals surface area contributed by atoms with Crippen molar-refractivity contribution in [3.05, 3.63) is 42.0 Å². The molecule has 0 saturated carbocycles. The van der Waals surface area contributed by atoms with Gasteiger partial charge in [0.15, 0.2) is 12.4 Å². The van der Waals surface area contributed by atoms with Crippen LogP contribution in [0.1, 0.15) is 38.1 Å². The number of carbonyl (C=O) groups excluding carboxylic acids is 1. The highest BCUT2D eigenvalue weighted by Crippen LogP contribution is 2.25. The zero-order valence-electron chi connectivity index (χ0n) is 13.7. The smallest absolute Gasteiger partial charge is 0.422 e. The number of ether oxygens (including phenoxy) is 1. The first-order chi connectivity index (χ1) is 10.8. The molecule has 126 valence electrons. The van der Waals surface area contributed by atoms with E-state index in [2.05, 4.69) is 0 Å². The number of hydrogen-bond acceptors (Lipinski definition) is 2. The highest BCUT2D eigenvalue weighted by atomic mass is 19.4. The fourth-order valence-corrected chi connectivity index (χ4v) is 1.97. The van der Waals surface area contributed by atoms with Crippen molar-refractivity contribution in [1.29, 1.82) is 0 Å². The Balaban J connectivity index is 0.00000127. The predicted octanol–water partition coefficient (Wildman–Crippen LogP) is 5.65. The fraction of sp³-hybridized carbons (Fsp3) is 0.389. The topological polar surface area (TPSA) is 26.3 Å². The number of fused-ring (bicyclic) bond motifs is 1. The summed E-state index contributed by atoms with van der Waals surface area (Å²) < 4.78 is 41.0. The fourth-order valence-electron chi connectivity index (χ4n) is 1.97. The van der Waals surface area contributed by atoms with Gasteiger partial charge in [0.05, 0.1) is 0 Å². The number of ketones is 1. The van der Waals surface area contributed by atoms with Gasteiger partial charge >= 0.3 is 6.18 Å². The summed E-state index contributed by atoms with van der Waals surface area (Å²) in [6.07, 6.45) is -4.36. The van der Waals surface area contributed by atoms with Crippen molar-refractivity contribution in [2.45, 2.75) is 33.9 Å². The van der Waals surface area contributed by atoms with Crippen molar-refractivity contribution in [3.8, 4) is 5.75 Å². The Morgan fingerprint density at radius 1 is 1.04 bits per heavy atom. The van der Waals surface area contributed by atoms with E-state index >= 15 is 0 Å². The number of alkyl halides is 3. The zero-order valence-corrected chi connectivity index (χ0v) is 13.7. The Morgan fingerprint density at radius 2 is 1.61 bits per heavy atom. The monoisotopic (exact) mass is 326 g/mol. The molecule has 2 nitrogen and oxygen atoms in total. The summed E-state index contributed by atoms with van der Waals surface area (Å²) in [5, 5.41) is 1.52. The lowest BCUT2D eigenvalue weighted by Crippen LogP contribution is -2.19. The van der Waals surface area contributed by atoms with Crippen LogP contribution in [0.15, 0.2) is 36.4 Å². The van der Waals surface area contributed by atoms with Crippen molar-refractivity contribution < 1.29 is 22.7 Å². The van der Waals surface area contributed by atoms with Crippen molar-refractivity contribution in [2.75, 3.05) is 6.61 Å². The van der Waals surface area contributed by atoms with E-state index in [4.69, 9.17) is 4.74 Å². The SMILES string of the molecule is CC.CC(C)C(=O)c1ccc2cc(OCC(F)(F)F)ccc2c1. The van der Waals surface area contributed by atoms with Crippen LogP contribution in [0, 0.1) is 5.92 Å². The Kier molecular flexibility index (Phi) is 6.61. The number of carbonyl (C=O) groups is 1. The van der Waals surface area contributed by atoms with Crippen molar-refractivity contribution in [3.63, 3.8) is 0 Å². The van der Waals surface area contributed by atoms with Crippen LogP contribution >= 0.6 is 0 Å². The molecule has 0 amide bonds. The first-order valence-electron chi connectivity index (χ1n) is 7.54. The Morgan fingerprint density at radius 3 is 2.17 bits per heavy atom. The van der Waals surface area contributed by atoms with Gasteiger partial charge in [-0.05, 0) is 29.0 Å². The van der Waals surface area contributed by atoms with E-state index in [0.717, 1.165) is 10.8 Å². The zero-order chi connectivity index (χ0) is 17.6. The average molecular weight is 326 g/mol. The molecule has 0 aliphatic heterocycles. The lowest BCUT2D eigenvalue weighted by molar-refractivity contribution is -0.153. The van der Waals surface area contributed by atoms with E-state index in [1.54, 1.807) is 24.3 Å². The molecule has 2 rings (SSSR count). The van der Waals surface area contributed by atoms with Gasteiger partial charge in [-0.1, -0.05) is 45.9 Å². The molecule has 5 heteroatoms. The van der Waals surface area contributed by atoms with E-state index in [9.17, 15) is 18.0 Å². The van der Waals surface area contributed by atoms with Gasteiger partial charge in [-0.3, -0.25) is 4.79 Å². The minimum absolute atomic E-state index is 0.0364. The van der Waals surface area contributed by atoms with E-state index in [1.807, 2.05) is 27.7 Å². The van der Waals surface area contributed by atoms with Crippen LogP contribution in [0.3, 0.4) is 0 Å². The van der Waals surface area contributed by atoms with Gasteiger partial charge < -0.3 is 4.74 Å². The first kappa shape index (κ1) is 19.0. The molecule has 0 bridgehead atoms. The van der Waals surface area contributed by atoms with Crippen LogP contribution < -0.4 is 4.74 Å². The third-order valence-electron chi connectivity index (χ3n) is 3.02. The molecule has 0 saturated heterocycles. The number of Topliss-reactive ketones (excluding diaryl/α,β-unsaturated/α-hetero) is 1. The standard InChI is InChI=1S/C16H15F3O2.C2H6/c1-10(2)15(20)13-4-3-12-8-14(6-5-11(12)7-13)21-9-16(17,18)19;1-2/h3-8,10H,9H2,1-2H3;1-2H3. The summed E-state index contributed by atoms with van der Waals surface area (Å²) in [6, 6.07) is 9.79. The number of hydrogen-bond donors (Lipinski definition) is 0. The van der Waals surface area contributed by atoms with E-state index in [0.29, 0.717) is 5.56 Å². The lowest BCUT2D eigenvalue weighted by Gasteiger charge is -2.10. The molecule has 2 aromatic rings. The summed E-state index contributed by atoms with van der Waals surface area (Å²) in [5.41, 5.74) is 0.599. The highest BCUT2D eigenvalue weighted by Gasteiger charge is 2.28. The quantitative estimate of drug-likeness (QED) is 0.679. The summed E-state index contributed by atoms with van der Waals surface area (Å²) in [5.74, 6) is 0.0916. The maximum Gasteiger partial charge on any atom is 0.422 e. The van der Waals surface area contributed by atoms with Gasteiger partial charge in [-0.25, -0.2) is 0 Å². The molecule has 0 spiro atoms. The molecule has 0 radical (unpaired) electrons. The molecule has 23 heavy (non-hydrogen) atoms. The predicted molar refractivity (Wildman–Crippen MR) is 86.0 cm³/mol. The molecular formula is C18H21F3O2. The molecule has 0 aliphatic carbocycles. The van der Waals surface area contributed by atoms with Gasteiger partial charge in [0.25, 0.3) is 0 Å². The molecule has 0 aliphatic rings. The summed E-state index contributed by atoms with van der Waals surface area (Å²) in [6.45, 7) is 6.32. The van der Waals surface area contributed by atoms with E-state index in [1.165, 1.54) is 12.1 Å². The van der Waals surface area contributed by atoms with Gasteiger partial charge in [0.1, 0.15) is 5.75 Å². The molecule has 2 aromatic carbocycles. The molecule has 0 N–H and O–H groups in total. The molecule has 0 aromatic heterocycles. The number of benzene rings is 2. The molecule has 0 heterocycles. The van der Waals surface area contributed by atoms with E-state index in [-0.39, 0.29) is 17.5 Å². The summed E-state index contributed by atoms with van der Waals surface area (Å²) >= 11 is 0. The van der Waals surface area contributed by atoms with E-state index < -0.39 is 12.8 Å².